The van der Waals surface area contributed by atoms with Gasteiger partial charge in [-0.2, -0.15) is 9.97 Å². The van der Waals surface area contributed by atoms with Gasteiger partial charge in [-0.1, -0.05) is 30.2 Å². The maximum atomic E-state index is 16.8. The minimum absolute atomic E-state index is 0.00133. The van der Waals surface area contributed by atoms with Crippen LogP contribution in [-0.4, -0.2) is 101 Å². The lowest BCUT2D eigenvalue weighted by molar-refractivity contribution is 0.0122. The summed E-state index contributed by atoms with van der Waals surface area (Å²) in [5.41, 5.74) is -0.153. The molecule has 10 nitrogen and oxygen atoms in total. The molecule has 250 valence electrons. The van der Waals surface area contributed by atoms with Gasteiger partial charge in [0.05, 0.1) is 23.0 Å². The number of ether oxygens (including phenoxy) is 2. The summed E-state index contributed by atoms with van der Waals surface area (Å²) in [6.07, 6.45) is 8.59. The van der Waals surface area contributed by atoms with Crippen molar-refractivity contribution in [1.82, 2.24) is 30.1 Å². The molecule has 48 heavy (non-hydrogen) atoms. The first-order chi connectivity index (χ1) is 23.1. The zero-order valence-corrected chi connectivity index (χ0v) is 27.4. The van der Waals surface area contributed by atoms with Crippen LogP contribution in [0.2, 0.25) is 0 Å². The van der Waals surface area contributed by atoms with Gasteiger partial charge in [0.2, 0.25) is 0 Å². The minimum atomic E-state index is -0.682. The molecule has 5 heterocycles. The summed E-state index contributed by atoms with van der Waals surface area (Å²) in [5.74, 6) is 1.67. The average Bonchev–Trinajstić information content (AvgIpc) is 3.34. The van der Waals surface area contributed by atoms with Crippen LogP contribution < -0.4 is 15.0 Å². The standard InChI is InChI=1S/C36H39F2N7O3/c1-5-25-28(37)12-9-22-7-6-8-26(29(22)25)31-30(38)32-27(19-40-31)33(42-34(41-32)47-18-17-43-15-13-39-14-16-43)44-20-23-10-11-24(21-44)45(23)35(46)48-36(2,3)4/h1,6-9,12,19,23-24,39H,10-11,13-18,20-21H2,2-4H3/t23-,24+. The number of pyridine rings is 1. The van der Waals surface area contributed by atoms with Gasteiger partial charge in [0, 0.05) is 63.0 Å². The number of fused-ring (bicyclic) bond motifs is 4. The smallest absolute Gasteiger partial charge is 0.410 e. The number of rotatable bonds is 6. The maximum Gasteiger partial charge on any atom is 0.410 e. The number of hydrogen-bond donors (Lipinski definition) is 1. The van der Waals surface area contributed by atoms with Gasteiger partial charge in [-0.3, -0.25) is 14.8 Å². The monoisotopic (exact) mass is 655 g/mol. The molecule has 1 amide bonds. The molecule has 0 radical (unpaired) electrons. The number of nitrogens with one attached hydrogen (secondary N) is 1. The molecule has 3 fully saturated rings. The van der Waals surface area contributed by atoms with E-state index >= 15 is 4.39 Å². The van der Waals surface area contributed by atoms with Crippen molar-refractivity contribution in [2.45, 2.75) is 51.3 Å². The van der Waals surface area contributed by atoms with Crippen molar-refractivity contribution < 1.29 is 23.0 Å². The Labute approximate surface area is 278 Å². The third-order valence-electron chi connectivity index (χ3n) is 9.27. The number of nitrogens with zero attached hydrogens (tertiary/aromatic N) is 6. The molecule has 2 aromatic carbocycles. The number of amides is 1. The second-order valence-electron chi connectivity index (χ2n) is 13.6. The number of anilines is 1. The number of benzene rings is 2. The highest BCUT2D eigenvalue weighted by atomic mass is 19.1. The maximum absolute atomic E-state index is 16.8. The zero-order valence-electron chi connectivity index (χ0n) is 27.4. The highest BCUT2D eigenvalue weighted by molar-refractivity contribution is 6.02. The summed E-state index contributed by atoms with van der Waals surface area (Å²) in [6.45, 7) is 11.2. The van der Waals surface area contributed by atoms with E-state index in [4.69, 9.17) is 20.9 Å². The SMILES string of the molecule is C#Cc1c(F)ccc2cccc(-c3ncc4c(N5C[C@H]6CC[C@@H](C5)N6C(=O)OC(C)(C)C)nc(OCCN5CCNCC5)nc4c3F)c12. The van der Waals surface area contributed by atoms with E-state index in [1.165, 1.54) is 6.07 Å². The summed E-state index contributed by atoms with van der Waals surface area (Å²) in [4.78, 5) is 33.3. The summed E-state index contributed by atoms with van der Waals surface area (Å²) < 4.78 is 43.4. The van der Waals surface area contributed by atoms with E-state index in [0.717, 1.165) is 39.0 Å². The molecule has 1 N–H and O–H groups in total. The number of terminal acetylenes is 1. The van der Waals surface area contributed by atoms with E-state index in [1.807, 2.05) is 25.7 Å². The number of carbonyl (C=O) groups excluding carboxylic acids is 1. The fourth-order valence-electron chi connectivity index (χ4n) is 7.10. The van der Waals surface area contributed by atoms with Crippen LogP contribution in [0.25, 0.3) is 32.9 Å². The zero-order chi connectivity index (χ0) is 33.6. The number of piperazine rings is 2. The van der Waals surface area contributed by atoms with Crippen LogP contribution in [0.15, 0.2) is 36.5 Å². The van der Waals surface area contributed by atoms with E-state index in [2.05, 4.69) is 31.0 Å². The summed E-state index contributed by atoms with van der Waals surface area (Å²) in [5, 5.41) is 4.83. The molecule has 4 aromatic rings. The molecule has 3 aliphatic rings. The lowest BCUT2D eigenvalue weighted by atomic mass is 9.96. The Balaban J connectivity index is 1.28. The molecule has 2 atom stereocenters. The topological polar surface area (TPSA) is 96.0 Å². The van der Waals surface area contributed by atoms with E-state index < -0.39 is 17.2 Å². The summed E-state index contributed by atoms with van der Waals surface area (Å²) in [6, 6.07) is 8.04. The fraction of sp³-hybridized carbons (Fsp3) is 0.444. The summed E-state index contributed by atoms with van der Waals surface area (Å²) >= 11 is 0. The Morgan fingerprint density at radius 2 is 1.83 bits per heavy atom. The molecule has 0 unspecified atom stereocenters. The molecule has 7 rings (SSSR count). The van der Waals surface area contributed by atoms with Crippen molar-refractivity contribution in [1.29, 1.82) is 0 Å². The fourth-order valence-corrected chi connectivity index (χ4v) is 7.10. The van der Waals surface area contributed by atoms with E-state index in [9.17, 15) is 9.18 Å². The molecule has 2 bridgehead atoms. The van der Waals surface area contributed by atoms with Crippen LogP contribution in [0.1, 0.15) is 39.2 Å². The van der Waals surface area contributed by atoms with E-state index in [-0.39, 0.29) is 41.0 Å². The second kappa shape index (κ2) is 12.8. The Kier molecular flexibility index (Phi) is 8.51. The van der Waals surface area contributed by atoms with Crippen molar-refractivity contribution >= 4 is 33.6 Å². The average molecular weight is 656 g/mol. The van der Waals surface area contributed by atoms with Crippen LogP contribution in [0, 0.1) is 24.0 Å². The molecule has 2 aromatic heterocycles. The van der Waals surface area contributed by atoms with Gasteiger partial charge >= 0.3 is 12.1 Å². The Bertz CT molecular complexity index is 1900. The first-order valence-electron chi connectivity index (χ1n) is 16.5. The van der Waals surface area contributed by atoms with Gasteiger partial charge in [0.1, 0.15) is 35.1 Å². The second-order valence-corrected chi connectivity index (χ2v) is 13.6. The quantitative estimate of drug-likeness (QED) is 0.289. The Hall–Kier alpha value is -4.60. The van der Waals surface area contributed by atoms with Gasteiger partial charge in [-0.05, 0) is 45.1 Å². The molecule has 0 saturated carbocycles. The Morgan fingerprint density at radius 3 is 2.54 bits per heavy atom. The van der Waals surface area contributed by atoms with Crippen LogP contribution in [0.5, 0.6) is 6.01 Å². The minimum Gasteiger partial charge on any atom is -0.462 e. The molecule has 12 heteroatoms. The highest BCUT2D eigenvalue weighted by Gasteiger charge is 2.45. The summed E-state index contributed by atoms with van der Waals surface area (Å²) in [7, 11) is 0. The molecule has 3 saturated heterocycles. The number of halogens is 2. The van der Waals surface area contributed by atoms with Crippen molar-refractivity contribution in [2.24, 2.45) is 0 Å². The highest BCUT2D eigenvalue weighted by Crippen LogP contribution is 2.39. The first kappa shape index (κ1) is 32.0. The molecule has 0 aliphatic carbocycles. The number of hydrogen-bond acceptors (Lipinski definition) is 9. The molecule has 0 spiro atoms. The van der Waals surface area contributed by atoms with Gasteiger partial charge in [0.15, 0.2) is 5.82 Å². The van der Waals surface area contributed by atoms with Crippen molar-refractivity contribution in [3.8, 4) is 29.6 Å². The van der Waals surface area contributed by atoms with Crippen molar-refractivity contribution in [3.63, 3.8) is 0 Å². The largest absolute Gasteiger partial charge is 0.462 e. The predicted molar refractivity (Wildman–Crippen MR) is 180 cm³/mol. The van der Waals surface area contributed by atoms with Crippen LogP contribution in [-0.2, 0) is 4.74 Å². The van der Waals surface area contributed by atoms with Gasteiger partial charge < -0.3 is 19.7 Å². The third kappa shape index (κ3) is 6.08. The third-order valence-corrected chi connectivity index (χ3v) is 9.27. The van der Waals surface area contributed by atoms with Gasteiger partial charge in [-0.15, -0.1) is 6.42 Å². The van der Waals surface area contributed by atoms with Gasteiger partial charge in [-0.25, -0.2) is 13.6 Å². The molecular weight excluding hydrogens is 616 g/mol. The molecule has 3 aliphatic heterocycles. The van der Waals surface area contributed by atoms with Crippen LogP contribution >= 0.6 is 0 Å². The normalized spacial score (nSPS) is 19.9. The first-order valence-corrected chi connectivity index (χ1v) is 16.5. The Morgan fingerprint density at radius 1 is 1.08 bits per heavy atom. The van der Waals surface area contributed by atoms with E-state index in [0.29, 0.717) is 53.8 Å². The van der Waals surface area contributed by atoms with Crippen molar-refractivity contribution in [3.05, 3.63) is 53.7 Å². The van der Waals surface area contributed by atoms with Crippen LogP contribution in [0.4, 0.5) is 19.4 Å². The number of aromatic nitrogens is 3. The lowest BCUT2D eigenvalue weighted by Gasteiger charge is -2.42. The van der Waals surface area contributed by atoms with Crippen molar-refractivity contribution in [2.75, 3.05) is 57.3 Å². The molecular formula is C36H39F2N7O3. The van der Waals surface area contributed by atoms with E-state index in [1.54, 1.807) is 30.5 Å². The van der Waals surface area contributed by atoms with Crippen LogP contribution in [0.3, 0.4) is 0 Å². The van der Waals surface area contributed by atoms with Gasteiger partial charge in [0.25, 0.3) is 0 Å². The predicted octanol–water partition coefficient (Wildman–Crippen LogP) is 4.98. The lowest BCUT2D eigenvalue weighted by Crippen LogP contribution is -2.57. The number of carbonyl (C=O) groups is 1.